The number of nitrogens with two attached hydrogens (primary N) is 1. The lowest BCUT2D eigenvalue weighted by atomic mass is 10.3. The van der Waals surface area contributed by atoms with E-state index in [0.29, 0.717) is 26.9 Å². The average molecular weight is 431 g/mol. The van der Waals surface area contributed by atoms with Crippen LogP contribution in [0.1, 0.15) is 19.0 Å². The second-order valence-electron chi connectivity index (χ2n) is 7.07. The third kappa shape index (κ3) is 3.17. The Kier molecular flexibility index (Phi) is 4.49. The first-order chi connectivity index (χ1) is 14.0. The number of hydrogen-bond donors (Lipinski definition) is 4. The van der Waals surface area contributed by atoms with E-state index in [0.717, 1.165) is 47.7 Å². The molecule has 9 nitrogen and oxygen atoms in total. The van der Waals surface area contributed by atoms with Crippen molar-refractivity contribution in [1.82, 2.24) is 30.1 Å². The first-order valence-electron chi connectivity index (χ1n) is 9.36. The van der Waals surface area contributed by atoms with Gasteiger partial charge in [0, 0.05) is 35.9 Å². The molecule has 1 fully saturated rings. The van der Waals surface area contributed by atoms with Gasteiger partial charge in [-0.2, -0.15) is 0 Å². The number of pyridine rings is 1. The Morgan fingerprint density at radius 3 is 2.97 bits per heavy atom. The minimum Gasteiger partial charge on any atom is -0.354 e. The Hall–Kier alpha value is -2.56. The number of fused-ring (bicyclic) bond motifs is 2. The van der Waals surface area contributed by atoms with Crippen molar-refractivity contribution in [2.75, 3.05) is 18.0 Å². The summed E-state index contributed by atoms with van der Waals surface area (Å²) in [5.41, 5.74) is 8.07. The average Bonchev–Trinajstić information content (AvgIpc) is 3.39. The van der Waals surface area contributed by atoms with Gasteiger partial charge < -0.3 is 15.6 Å². The van der Waals surface area contributed by atoms with Gasteiger partial charge in [-0.15, -0.1) is 0 Å². The number of rotatable bonds is 4. The highest BCUT2D eigenvalue weighted by Crippen LogP contribution is 2.37. The molecule has 29 heavy (non-hydrogen) atoms. The maximum absolute atomic E-state index is 11.9. The molecule has 0 amide bonds. The van der Waals surface area contributed by atoms with Crippen LogP contribution in [0.5, 0.6) is 0 Å². The third-order valence-corrected chi connectivity index (χ3v) is 6.35. The molecule has 5 N–H and O–H groups in total. The largest absolute Gasteiger partial charge is 0.354 e. The molecule has 5 heterocycles. The SMILES string of the molecule is CCc1[nH]c2nc(Sc3cnc4[nH][nH]c(=O)c4c3)nc(N3CC[C@H](N)C3)c2c1Cl. The summed E-state index contributed by atoms with van der Waals surface area (Å²) in [5, 5.41) is 7.83. The molecule has 0 saturated carbocycles. The normalized spacial score (nSPS) is 17.1. The van der Waals surface area contributed by atoms with E-state index < -0.39 is 0 Å². The van der Waals surface area contributed by atoms with Gasteiger partial charge in [0.2, 0.25) is 0 Å². The van der Waals surface area contributed by atoms with Crippen LogP contribution in [0, 0.1) is 0 Å². The van der Waals surface area contributed by atoms with Gasteiger partial charge in [0.1, 0.15) is 11.5 Å². The van der Waals surface area contributed by atoms with E-state index in [1.54, 1.807) is 12.3 Å². The fourth-order valence-corrected chi connectivity index (χ4v) is 4.75. The number of anilines is 1. The Bertz CT molecular complexity index is 1280. The molecule has 4 aromatic heterocycles. The number of aryl methyl sites for hydroxylation is 1. The predicted octanol–water partition coefficient (Wildman–Crippen LogP) is 2.43. The second-order valence-corrected chi connectivity index (χ2v) is 8.49. The van der Waals surface area contributed by atoms with E-state index in [1.165, 1.54) is 11.8 Å². The quantitative estimate of drug-likeness (QED) is 0.365. The van der Waals surface area contributed by atoms with Gasteiger partial charge in [-0.25, -0.2) is 15.0 Å². The Morgan fingerprint density at radius 1 is 1.34 bits per heavy atom. The molecule has 150 valence electrons. The maximum atomic E-state index is 11.9. The molecule has 1 aliphatic heterocycles. The lowest BCUT2D eigenvalue weighted by Crippen LogP contribution is -2.27. The van der Waals surface area contributed by atoms with Crippen LogP contribution in [0.15, 0.2) is 27.1 Å². The number of nitrogens with one attached hydrogen (secondary N) is 3. The van der Waals surface area contributed by atoms with Crippen LogP contribution >= 0.6 is 23.4 Å². The zero-order valence-electron chi connectivity index (χ0n) is 15.6. The monoisotopic (exact) mass is 430 g/mol. The first-order valence-corrected chi connectivity index (χ1v) is 10.6. The van der Waals surface area contributed by atoms with Gasteiger partial charge in [0.25, 0.3) is 5.56 Å². The Labute approximate surface area is 174 Å². The van der Waals surface area contributed by atoms with Crippen molar-refractivity contribution >= 4 is 51.2 Å². The van der Waals surface area contributed by atoms with Crippen molar-refractivity contribution in [1.29, 1.82) is 0 Å². The van der Waals surface area contributed by atoms with E-state index in [2.05, 4.69) is 30.0 Å². The van der Waals surface area contributed by atoms with Crippen LogP contribution in [-0.4, -0.2) is 49.3 Å². The number of H-pyrrole nitrogens is 3. The van der Waals surface area contributed by atoms with Crippen LogP contribution in [-0.2, 0) is 6.42 Å². The maximum Gasteiger partial charge on any atom is 0.273 e. The van der Waals surface area contributed by atoms with E-state index in [-0.39, 0.29) is 11.6 Å². The number of hydrogen-bond acceptors (Lipinski definition) is 7. The highest BCUT2D eigenvalue weighted by molar-refractivity contribution is 7.99. The molecule has 0 unspecified atom stereocenters. The summed E-state index contributed by atoms with van der Waals surface area (Å²) in [6.45, 7) is 3.60. The minimum atomic E-state index is -0.207. The fourth-order valence-electron chi connectivity index (χ4n) is 3.63. The molecule has 4 aromatic rings. The molecule has 0 bridgehead atoms. The van der Waals surface area contributed by atoms with Gasteiger partial charge in [-0.1, -0.05) is 18.5 Å². The lowest BCUT2D eigenvalue weighted by molar-refractivity contribution is 0.751. The number of aromatic nitrogens is 6. The van der Waals surface area contributed by atoms with Crippen molar-refractivity contribution in [3.63, 3.8) is 0 Å². The predicted molar refractivity (Wildman–Crippen MR) is 114 cm³/mol. The summed E-state index contributed by atoms with van der Waals surface area (Å²) in [6.07, 6.45) is 3.37. The van der Waals surface area contributed by atoms with Crippen molar-refractivity contribution in [3.05, 3.63) is 33.3 Å². The van der Waals surface area contributed by atoms with E-state index in [1.807, 2.05) is 6.92 Å². The summed E-state index contributed by atoms with van der Waals surface area (Å²) in [7, 11) is 0. The van der Waals surface area contributed by atoms with Crippen LogP contribution in [0.4, 0.5) is 5.82 Å². The van der Waals surface area contributed by atoms with Crippen LogP contribution in [0.3, 0.4) is 0 Å². The van der Waals surface area contributed by atoms with Gasteiger partial charge in [0.05, 0.1) is 15.8 Å². The fraction of sp³-hybridized carbons (Fsp3) is 0.333. The van der Waals surface area contributed by atoms with Gasteiger partial charge in [-0.3, -0.25) is 15.0 Å². The van der Waals surface area contributed by atoms with Crippen LogP contribution in [0.2, 0.25) is 5.02 Å². The molecular formula is C18H19ClN8OS. The van der Waals surface area contributed by atoms with Gasteiger partial charge in [-0.05, 0) is 30.7 Å². The summed E-state index contributed by atoms with van der Waals surface area (Å²) in [6, 6.07) is 1.90. The number of nitrogens with zero attached hydrogens (tertiary/aromatic N) is 4. The van der Waals surface area contributed by atoms with Crippen molar-refractivity contribution in [2.45, 2.75) is 35.9 Å². The van der Waals surface area contributed by atoms with Crippen molar-refractivity contribution in [2.24, 2.45) is 5.73 Å². The standard InChI is InChI=1S/C18H19ClN8OS/c1-2-11-13(19)12-15(22-11)23-18(24-16(12)27-4-3-8(20)7-27)29-9-5-10-14(21-6-9)25-26-17(10)28/h5-6,8H,2-4,7,20H2,1H3,(H,22,23,24)(H2,21,25,26,28)/t8-/m0/s1. The molecule has 1 aliphatic rings. The number of aromatic amines is 3. The van der Waals surface area contributed by atoms with Crippen LogP contribution < -0.4 is 16.2 Å². The lowest BCUT2D eigenvalue weighted by Gasteiger charge is -2.18. The molecule has 0 aromatic carbocycles. The van der Waals surface area contributed by atoms with Crippen molar-refractivity contribution < 1.29 is 0 Å². The second kappa shape index (κ2) is 7.05. The van der Waals surface area contributed by atoms with E-state index in [4.69, 9.17) is 22.3 Å². The minimum absolute atomic E-state index is 0.117. The van der Waals surface area contributed by atoms with Gasteiger partial charge >= 0.3 is 0 Å². The first kappa shape index (κ1) is 18.5. The Morgan fingerprint density at radius 2 is 2.21 bits per heavy atom. The van der Waals surface area contributed by atoms with E-state index in [9.17, 15) is 4.79 Å². The summed E-state index contributed by atoms with van der Waals surface area (Å²) >= 11 is 7.99. The smallest absolute Gasteiger partial charge is 0.273 e. The molecule has 5 rings (SSSR count). The molecule has 0 radical (unpaired) electrons. The highest BCUT2D eigenvalue weighted by Gasteiger charge is 2.26. The zero-order chi connectivity index (χ0) is 20.1. The Balaban J connectivity index is 1.61. The van der Waals surface area contributed by atoms with Crippen molar-refractivity contribution in [3.8, 4) is 0 Å². The molecule has 0 spiro atoms. The topological polar surface area (TPSA) is 132 Å². The summed E-state index contributed by atoms with van der Waals surface area (Å²) in [4.78, 5) is 31.9. The molecular weight excluding hydrogens is 412 g/mol. The van der Waals surface area contributed by atoms with E-state index >= 15 is 0 Å². The summed E-state index contributed by atoms with van der Waals surface area (Å²) < 4.78 is 0. The molecule has 0 aliphatic carbocycles. The molecule has 1 atom stereocenters. The zero-order valence-corrected chi connectivity index (χ0v) is 17.2. The van der Waals surface area contributed by atoms with Crippen LogP contribution in [0.25, 0.3) is 22.1 Å². The summed E-state index contributed by atoms with van der Waals surface area (Å²) in [5.74, 6) is 0.792. The number of halogens is 1. The van der Waals surface area contributed by atoms with Gasteiger partial charge in [0.15, 0.2) is 10.8 Å². The third-order valence-electron chi connectivity index (χ3n) is 5.11. The molecule has 1 saturated heterocycles. The highest BCUT2D eigenvalue weighted by atomic mass is 35.5. The molecule has 11 heteroatoms.